The molecule has 3 amide bonds. The molecule has 0 unspecified atom stereocenters. The van der Waals surface area contributed by atoms with Crippen molar-refractivity contribution in [1.82, 2.24) is 10.6 Å². The predicted octanol–water partition coefficient (Wildman–Crippen LogP) is 4.09. The minimum Gasteiger partial charge on any atom is -0.338 e. The molecule has 5 rings (SSSR count). The fourth-order valence-electron chi connectivity index (χ4n) is 4.99. The van der Waals surface area contributed by atoms with Gasteiger partial charge in [0.2, 0.25) is 11.8 Å². The lowest BCUT2D eigenvalue weighted by Crippen LogP contribution is -2.60. The van der Waals surface area contributed by atoms with E-state index in [4.69, 9.17) is 0 Å². The van der Waals surface area contributed by atoms with Crippen LogP contribution in [0.2, 0.25) is 0 Å². The Morgan fingerprint density at radius 1 is 0.829 bits per heavy atom. The van der Waals surface area contributed by atoms with E-state index in [1.54, 1.807) is 17.0 Å². The standard InChI is InChI=1S/C28H30N4O3/c29-19-27(16-17-27)31-26(35)28(14-3-1-2-4-15-28)30-25(34)22-7-5-20(6-8-22)21-9-11-23(12-10-21)32-18-13-24(32)33/h5-12H,1-4,13-18H2,(H,30,34)(H,31,35). The minimum atomic E-state index is -0.983. The van der Waals surface area contributed by atoms with E-state index in [1.807, 2.05) is 36.4 Å². The largest absolute Gasteiger partial charge is 0.338 e. The Morgan fingerprint density at radius 3 is 1.91 bits per heavy atom. The first-order chi connectivity index (χ1) is 16.9. The number of anilines is 1. The first-order valence-corrected chi connectivity index (χ1v) is 12.5. The van der Waals surface area contributed by atoms with Gasteiger partial charge in [-0.15, -0.1) is 0 Å². The SMILES string of the molecule is N#CC1(NC(=O)C2(NC(=O)c3ccc(-c4ccc(N5CCC5=O)cc4)cc3)CCCCCC2)CC1. The number of nitrogens with zero attached hydrogens (tertiary/aromatic N) is 2. The summed E-state index contributed by atoms with van der Waals surface area (Å²) in [4.78, 5) is 40.0. The number of β-lactam (4-membered cyclic amide) rings is 1. The number of carbonyl (C=O) groups is 3. The first-order valence-electron chi connectivity index (χ1n) is 12.5. The third-order valence-electron chi connectivity index (χ3n) is 7.57. The second kappa shape index (κ2) is 9.18. The highest BCUT2D eigenvalue weighted by Crippen LogP contribution is 2.36. The Kier molecular flexibility index (Phi) is 6.06. The lowest BCUT2D eigenvalue weighted by Gasteiger charge is -2.33. The van der Waals surface area contributed by atoms with E-state index in [1.165, 1.54) is 0 Å². The van der Waals surface area contributed by atoms with Crippen LogP contribution in [-0.4, -0.2) is 35.3 Å². The van der Waals surface area contributed by atoms with Crippen LogP contribution in [0.5, 0.6) is 0 Å². The van der Waals surface area contributed by atoms with Crippen LogP contribution in [0.3, 0.4) is 0 Å². The van der Waals surface area contributed by atoms with Crippen molar-refractivity contribution in [2.45, 2.75) is 68.9 Å². The molecule has 2 N–H and O–H groups in total. The molecule has 7 heteroatoms. The third-order valence-corrected chi connectivity index (χ3v) is 7.57. The number of nitriles is 1. The van der Waals surface area contributed by atoms with Gasteiger partial charge >= 0.3 is 0 Å². The molecule has 2 aromatic rings. The number of hydrogen-bond donors (Lipinski definition) is 2. The molecule has 1 heterocycles. The maximum atomic E-state index is 13.3. The Morgan fingerprint density at radius 2 is 1.43 bits per heavy atom. The summed E-state index contributed by atoms with van der Waals surface area (Å²) in [5.74, 6) is -0.362. The zero-order valence-corrected chi connectivity index (χ0v) is 19.8. The molecule has 3 fully saturated rings. The highest BCUT2D eigenvalue weighted by Gasteiger charge is 2.49. The van der Waals surface area contributed by atoms with Crippen LogP contribution in [0, 0.1) is 11.3 Å². The summed E-state index contributed by atoms with van der Waals surface area (Å²) in [6.45, 7) is 0.763. The molecule has 2 aromatic carbocycles. The van der Waals surface area contributed by atoms with E-state index in [2.05, 4.69) is 16.7 Å². The molecule has 0 radical (unpaired) electrons. The van der Waals surface area contributed by atoms with Gasteiger partial charge in [0.25, 0.3) is 5.91 Å². The highest BCUT2D eigenvalue weighted by molar-refractivity contribution is 6.00. The molecule has 180 valence electrons. The lowest BCUT2D eigenvalue weighted by atomic mass is 9.88. The smallest absolute Gasteiger partial charge is 0.252 e. The molecule has 3 aliphatic rings. The molecule has 0 spiro atoms. The number of rotatable bonds is 6. The van der Waals surface area contributed by atoms with Crippen molar-refractivity contribution in [3.8, 4) is 17.2 Å². The van der Waals surface area contributed by atoms with Crippen molar-refractivity contribution in [3.63, 3.8) is 0 Å². The van der Waals surface area contributed by atoms with E-state index in [0.717, 1.165) is 49.0 Å². The molecule has 2 aliphatic carbocycles. The average molecular weight is 471 g/mol. The van der Waals surface area contributed by atoms with E-state index in [-0.39, 0.29) is 17.7 Å². The Bertz CT molecular complexity index is 1170. The number of benzene rings is 2. The second-order valence-corrected chi connectivity index (χ2v) is 10.0. The average Bonchev–Trinajstić information content (AvgIpc) is 3.68. The summed E-state index contributed by atoms with van der Waals surface area (Å²) >= 11 is 0. The van der Waals surface area contributed by atoms with Crippen LogP contribution in [0.4, 0.5) is 5.69 Å². The second-order valence-electron chi connectivity index (χ2n) is 10.0. The van der Waals surface area contributed by atoms with Crippen LogP contribution in [0.25, 0.3) is 11.1 Å². The normalized spacial score (nSPS) is 20.1. The molecular formula is C28H30N4O3. The van der Waals surface area contributed by atoms with Gasteiger partial charge in [0.1, 0.15) is 11.1 Å². The molecule has 0 aromatic heterocycles. The zero-order valence-electron chi connectivity index (χ0n) is 19.8. The summed E-state index contributed by atoms with van der Waals surface area (Å²) in [6, 6.07) is 17.4. The van der Waals surface area contributed by atoms with E-state index >= 15 is 0 Å². The summed E-state index contributed by atoms with van der Waals surface area (Å²) in [5.41, 5.74) is 1.62. The lowest BCUT2D eigenvalue weighted by molar-refractivity contribution is -0.128. The van der Waals surface area contributed by atoms with Gasteiger partial charge in [-0.05, 0) is 61.1 Å². The van der Waals surface area contributed by atoms with Gasteiger partial charge in [-0.3, -0.25) is 14.4 Å². The van der Waals surface area contributed by atoms with Gasteiger partial charge in [0.15, 0.2) is 0 Å². The Labute approximate surface area is 205 Å². The monoisotopic (exact) mass is 470 g/mol. The van der Waals surface area contributed by atoms with Crippen molar-refractivity contribution in [3.05, 3.63) is 54.1 Å². The summed E-state index contributed by atoms with van der Waals surface area (Å²) in [5, 5.41) is 15.4. The van der Waals surface area contributed by atoms with E-state index in [9.17, 15) is 19.6 Å². The van der Waals surface area contributed by atoms with Crippen molar-refractivity contribution >= 4 is 23.4 Å². The van der Waals surface area contributed by atoms with Gasteiger partial charge in [-0.25, -0.2) is 0 Å². The fourth-order valence-corrected chi connectivity index (χ4v) is 4.99. The maximum absolute atomic E-state index is 13.3. The van der Waals surface area contributed by atoms with Crippen molar-refractivity contribution in [2.75, 3.05) is 11.4 Å². The van der Waals surface area contributed by atoms with E-state index < -0.39 is 11.1 Å². The number of hydrogen-bond acceptors (Lipinski definition) is 4. The van der Waals surface area contributed by atoms with Crippen LogP contribution in [-0.2, 0) is 9.59 Å². The number of amides is 3. The predicted molar refractivity (Wildman–Crippen MR) is 132 cm³/mol. The molecule has 0 bridgehead atoms. The molecular weight excluding hydrogens is 440 g/mol. The van der Waals surface area contributed by atoms with E-state index in [0.29, 0.717) is 37.7 Å². The van der Waals surface area contributed by atoms with Crippen LogP contribution in [0.1, 0.15) is 68.1 Å². The molecule has 2 saturated carbocycles. The van der Waals surface area contributed by atoms with Crippen molar-refractivity contribution in [2.24, 2.45) is 0 Å². The summed E-state index contributed by atoms with van der Waals surface area (Å²) in [6.07, 6.45) is 6.89. The molecule has 1 aliphatic heterocycles. The van der Waals surface area contributed by atoms with Gasteiger partial charge in [-0.2, -0.15) is 5.26 Å². The fraction of sp³-hybridized carbons (Fsp3) is 0.429. The molecule has 7 nitrogen and oxygen atoms in total. The highest BCUT2D eigenvalue weighted by atomic mass is 16.2. The van der Waals surface area contributed by atoms with Gasteiger partial charge in [0.05, 0.1) is 6.07 Å². The Balaban J connectivity index is 1.30. The molecule has 0 atom stereocenters. The van der Waals surface area contributed by atoms with Gasteiger partial charge < -0.3 is 15.5 Å². The van der Waals surface area contributed by atoms with Crippen LogP contribution >= 0.6 is 0 Å². The van der Waals surface area contributed by atoms with Gasteiger partial charge in [-0.1, -0.05) is 49.9 Å². The summed E-state index contributed by atoms with van der Waals surface area (Å²) in [7, 11) is 0. The molecule has 35 heavy (non-hydrogen) atoms. The molecule has 1 saturated heterocycles. The Hall–Kier alpha value is -3.66. The zero-order chi connectivity index (χ0) is 24.5. The van der Waals surface area contributed by atoms with Crippen LogP contribution in [0.15, 0.2) is 48.5 Å². The first kappa shape index (κ1) is 23.1. The maximum Gasteiger partial charge on any atom is 0.252 e. The topological polar surface area (TPSA) is 102 Å². The quantitative estimate of drug-likeness (QED) is 0.490. The van der Waals surface area contributed by atoms with Crippen molar-refractivity contribution < 1.29 is 14.4 Å². The third kappa shape index (κ3) is 4.66. The van der Waals surface area contributed by atoms with Gasteiger partial charge in [0, 0.05) is 24.2 Å². The van der Waals surface area contributed by atoms with Crippen LogP contribution < -0.4 is 15.5 Å². The van der Waals surface area contributed by atoms with Crippen molar-refractivity contribution in [1.29, 1.82) is 5.26 Å². The number of nitrogens with one attached hydrogen (secondary N) is 2. The number of carbonyl (C=O) groups excluding carboxylic acids is 3. The minimum absolute atomic E-state index is 0.146. The summed E-state index contributed by atoms with van der Waals surface area (Å²) < 4.78 is 0.